The molecular formula is C20H18F3NO5. The highest BCUT2D eigenvalue weighted by Crippen LogP contribution is 2.34. The van der Waals surface area contributed by atoms with E-state index in [2.05, 4.69) is 5.32 Å². The molecule has 2 aromatic rings. The molecule has 0 bridgehead atoms. The molecule has 0 saturated carbocycles. The van der Waals surface area contributed by atoms with Crippen molar-refractivity contribution in [3.05, 3.63) is 53.6 Å². The van der Waals surface area contributed by atoms with Gasteiger partial charge >= 0.3 is 12.1 Å². The zero-order valence-corrected chi connectivity index (χ0v) is 15.4. The van der Waals surface area contributed by atoms with Crippen LogP contribution in [0.5, 0.6) is 11.5 Å². The molecule has 0 aromatic heterocycles. The molecule has 0 fully saturated rings. The first-order valence-electron chi connectivity index (χ1n) is 8.83. The van der Waals surface area contributed by atoms with Crippen molar-refractivity contribution in [2.45, 2.75) is 25.6 Å². The smallest absolute Gasteiger partial charge is 0.418 e. The Labute approximate surface area is 164 Å². The Morgan fingerprint density at radius 2 is 1.76 bits per heavy atom. The Morgan fingerprint density at radius 1 is 1.07 bits per heavy atom. The van der Waals surface area contributed by atoms with E-state index in [9.17, 15) is 22.8 Å². The molecule has 1 amide bonds. The van der Waals surface area contributed by atoms with Crippen LogP contribution in [-0.4, -0.2) is 31.2 Å². The Hall–Kier alpha value is -3.23. The number of rotatable bonds is 4. The summed E-state index contributed by atoms with van der Waals surface area (Å²) in [6.45, 7) is 2.20. The molecule has 3 rings (SSSR count). The van der Waals surface area contributed by atoms with E-state index in [0.717, 1.165) is 12.1 Å². The lowest BCUT2D eigenvalue weighted by atomic mass is 10.1. The molecule has 0 aliphatic carbocycles. The lowest BCUT2D eigenvalue weighted by molar-refractivity contribution is -0.137. The summed E-state index contributed by atoms with van der Waals surface area (Å²) in [4.78, 5) is 24.6. The van der Waals surface area contributed by atoms with Gasteiger partial charge in [-0.3, -0.25) is 4.79 Å². The number of anilines is 1. The van der Waals surface area contributed by atoms with Crippen LogP contribution in [-0.2, 0) is 15.7 Å². The highest BCUT2D eigenvalue weighted by molar-refractivity contribution is 5.98. The van der Waals surface area contributed by atoms with Crippen LogP contribution in [0.2, 0.25) is 0 Å². The quantitative estimate of drug-likeness (QED) is 0.772. The Kier molecular flexibility index (Phi) is 5.95. The first-order valence-corrected chi connectivity index (χ1v) is 8.83. The number of carbonyl (C=O) groups is 2. The van der Waals surface area contributed by atoms with E-state index in [-0.39, 0.29) is 5.56 Å². The fourth-order valence-electron chi connectivity index (χ4n) is 2.65. The number of nitrogens with one attached hydrogen (secondary N) is 1. The summed E-state index contributed by atoms with van der Waals surface area (Å²) >= 11 is 0. The predicted octanol–water partition coefficient (Wildman–Crippen LogP) is 4.05. The van der Waals surface area contributed by atoms with Gasteiger partial charge in [0, 0.05) is 6.42 Å². The number of carbonyl (C=O) groups excluding carboxylic acids is 2. The third-order valence-electron chi connectivity index (χ3n) is 4.13. The highest BCUT2D eigenvalue weighted by atomic mass is 19.4. The second kappa shape index (κ2) is 8.42. The van der Waals surface area contributed by atoms with Gasteiger partial charge in [0.25, 0.3) is 5.91 Å². The number of alkyl halides is 3. The standard InChI is InChI=1S/C20H18F3NO5/c1-12(18(25)24-15-6-3-2-5-14(15)20(21,22)23)29-19(26)13-7-8-16-17(11-13)28-10-4-9-27-16/h2-3,5-8,11-12H,4,9-10H2,1H3,(H,24,25)/t12-/m1/s1. The molecule has 154 valence electrons. The van der Waals surface area contributed by atoms with Crippen LogP contribution in [0, 0.1) is 0 Å². The molecule has 2 aromatic carbocycles. The summed E-state index contributed by atoms with van der Waals surface area (Å²) in [5.74, 6) is -0.821. The van der Waals surface area contributed by atoms with E-state index in [4.69, 9.17) is 14.2 Å². The number of hydrogen-bond donors (Lipinski definition) is 1. The normalized spacial score (nSPS) is 14.5. The fraction of sp³-hybridized carbons (Fsp3) is 0.300. The van der Waals surface area contributed by atoms with Gasteiger partial charge in [0.1, 0.15) is 0 Å². The zero-order valence-electron chi connectivity index (χ0n) is 15.4. The van der Waals surface area contributed by atoms with Gasteiger partial charge in [-0.2, -0.15) is 13.2 Å². The van der Waals surface area contributed by atoms with Gasteiger partial charge in [-0.15, -0.1) is 0 Å². The summed E-state index contributed by atoms with van der Waals surface area (Å²) in [7, 11) is 0. The molecule has 6 nitrogen and oxygen atoms in total. The summed E-state index contributed by atoms with van der Waals surface area (Å²) in [5.41, 5.74) is -1.28. The average molecular weight is 409 g/mol. The van der Waals surface area contributed by atoms with Crippen LogP contribution in [0.3, 0.4) is 0 Å². The van der Waals surface area contributed by atoms with E-state index >= 15 is 0 Å². The molecule has 1 N–H and O–H groups in total. The van der Waals surface area contributed by atoms with Gasteiger partial charge in [0.2, 0.25) is 0 Å². The van der Waals surface area contributed by atoms with Crippen molar-refractivity contribution in [1.82, 2.24) is 0 Å². The summed E-state index contributed by atoms with van der Waals surface area (Å²) < 4.78 is 55.2. The Bertz CT molecular complexity index is 913. The molecule has 0 saturated heterocycles. The van der Waals surface area contributed by atoms with Gasteiger partial charge in [-0.1, -0.05) is 12.1 Å². The summed E-state index contributed by atoms with van der Waals surface area (Å²) in [5, 5.41) is 2.15. The molecule has 0 unspecified atom stereocenters. The Balaban J connectivity index is 1.67. The molecule has 1 atom stereocenters. The van der Waals surface area contributed by atoms with Crippen molar-refractivity contribution in [1.29, 1.82) is 0 Å². The predicted molar refractivity (Wildman–Crippen MR) is 97.0 cm³/mol. The van der Waals surface area contributed by atoms with E-state index in [1.807, 2.05) is 0 Å². The minimum atomic E-state index is -4.63. The van der Waals surface area contributed by atoms with Crippen LogP contribution < -0.4 is 14.8 Å². The molecule has 29 heavy (non-hydrogen) atoms. The fourth-order valence-corrected chi connectivity index (χ4v) is 2.65. The number of fused-ring (bicyclic) bond motifs is 1. The number of amides is 1. The molecule has 9 heteroatoms. The van der Waals surface area contributed by atoms with Crippen LogP contribution in [0.25, 0.3) is 0 Å². The molecule has 1 aliphatic rings. The maximum absolute atomic E-state index is 13.0. The molecular weight excluding hydrogens is 391 g/mol. The topological polar surface area (TPSA) is 73.9 Å². The van der Waals surface area contributed by atoms with Crippen molar-refractivity contribution >= 4 is 17.6 Å². The number of ether oxygens (including phenoxy) is 3. The van der Waals surface area contributed by atoms with Crippen molar-refractivity contribution in [2.24, 2.45) is 0 Å². The van der Waals surface area contributed by atoms with Crippen molar-refractivity contribution < 1.29 is 37.0 Å². The van der Waals surface area contributed by atoms with Gasteiger partial charge in [0.05, 0.1) is 30.0 Å². The van der Waals surface area contributed by atoms with Crippen molar-refractivity contribution in [3.63, 3.8) is 0 Å². The number of benzene rings is 2. The molecule has 0 spiro atoms. The van der Waals surface area contributed by atoms with E-state index in [0.29, 0.717) is 31.1 Å². The third-order valence-corrected chi connectivity index (χ3v) is 4.13. The second-order valence-electron chi connectivity index (χ2n) is 6.29. The molecule has 1 aliphatic heterocycles. The van der Waals surface area contributed by atoms with Crippen LogP contribution in [0.1, 0.15) is 29.3 Å². The molecule has 1 heterocycles. The summed E-state index contributed by atoms with van der Waals surface area (Å²) in [6, 6.07) is 9.00. The average Bonchev–Trinajstić information content (AvgIpc) is 2.92. The second-order valence-corrected chi connectivity index (χ2v) is 6.29. The minimum Gasteiger partial charge on any atom is -0.490 e. The van der Waals surface area contributed by atoms with Gasteiger partial charge in [-0.05, 0) is 37.3 Å². The monoisotopic (exact) mass is 409 g/mol. The lowest BCUT2D eigenvalue weighted by Gasteiger charge is -2.17. The number of para-hydroxylation sites is 1. The van der Waals surface area contributed by atoms with Gasteiger partial charge in [0.15, 0.2) is 17.6 Å². The van der Waals surface area contributed by atoms with E-state index in [1.165, 1.54) is 31.2 Å². The van der Waals surface area contributed by atoms with Gasteiger partial charge < -0.3 is 19.5 Å². The van der Waals surface area contributed by atoms with Crippen LogP contribution in [0.4, 0.5) is 18.9 Å². The molecule has 0 radical (unpaired) electrons. The number of halogens is 3. The van der Waals surface area contributed by atoms with Crippen molar-refractivity contribution in [2.75, 3.05) is 18.5 Å². The third kappa shape index (κ3) is 4.98. The first-order chi connectivity index (χ1) is 13.8. The maximum atomic E-state index is 13.0. The van der Waals surface area contributed by atoms with E-state index in [1.54, 1.807) is 6.07 Å². The van der Waals surface area contributed by atoms with E-state index < -0.39 is 35.4 Å². The number of hydrogen-bond acceptors (Lipinski definition) is 5. The zero-order chi connectivity index (χ0) is 21.0. The number of esters is 1. The largest absolute Gasteiger partial charge is 0.490 e. The first kappa shape index (κ1) is 20.5. The SMILES string of the molecule is C[C@@H](OC(=O)c1ccc2c(c1)OCCCO2)C(=O)Nc1ccccc1C(F)(F)F. The maximum Gasteiger partial charge on any atom is 0.418 e. The minimum absolute atomic E-state index is 0.129. The van der Waals surface area contributed by atoms with Gasteiger partial charge in [-0.25, -0.2) is 4.79 Å². The lowest BCUT2D eigenvalue weighted by Crippen LogP contribution is -2.30. The van der Waals surface area contributed by atoms with Crippen LogP contribution >= 0.6 is 0 Å². The van der Waals surface area contributed by atoms with Crippen molar-refractivity contribution in [3.8, 4) is 11.5 Å². The Morgan fingerprint density at radius 3 is 2.48 bits per heavy atom. The summed E-state index contributed by atoms with van der Waals surface area (Å²) in [6.07, 6.45) is -5.25. The highest BCUT2D eigenvalue weighted by Gasteiger charge is 2.34. The van der Waals surface area contributed by atoms with Crippen LogP contribution in [0.15, 0.2) is 42.5 Å².